The normalized spacial score (nSPS) is 14.3. The number of hydrogen-bond donors (Lipinski definition) is 1. The fourth-order valence-corrected chi connectivity index (χ4v) is 6.39. The van der Waals surface area contributed by atoms with E-state index in [0.717, 1.165) is 46.7 Å². The second kappa shape index (κ2) is 13.2. The van der Waals surface area contributed by atoms with Gasteiger partial charge in [-0.25, -0.2) is 8.42 Å². The lowest BCUT2D eigenvalue weighted by Gasteiger charge is -2.32. The van der Waals surface area contributed by atoms with Crippen LogP contribution < -0.4 is 14.4 Å². The van der Waals surface area contributed by atoms with E-state index in [1.807, 2.05) is 38.1 Å². The number of amides is 2. The topological polar surface area (TPSA) is 96.0 Å². The summed E-state index contributed by atoms with van der Waals surface area (Å²) in [5.41, 5.74) is 3.06. The van der Waals surface area contributed by atoms with Crippen LogP contribution in [-0.4, -0.2) is 50.9 Å². The van der Waals surface area contributed by atoms with Gasteiger partial charge in [0, 0.05) is 12.6 Å². The molecule has 1 aliphatic carbocycles. The van der Waals surface area contributed by atoms with Crippen molar-refractivity contribution in [3.8, 4) is 5.75 Å². The van der Waals surface area contributed by atoms with Gasteiger partial charge >= 0.3 is 0 Å². The lowest BCUT2D eigenvalue weighted by molar-refractivity contribution is -0.139. The largest absolute Gasteiger partial charge is 0.497 e. The van der Waals surface area contributed by atoms with E-state index in [9.17, 15) is 18.0 Å². The minimum Gasteiger partial charge on any atom is -0.497 e. The van der Waals surface area contributed by atoms with E-state index in [2.05, 4.69) is 5.32 Å². The number of carbonyl (C=O) groups excluding carboxylic acids is 2. The summed E-state index contributed by atoms with van der Waals surface area (Å²) in [7, 11) is -2.51. The van der Waals surface area contributed by atoms with Gasteiger partial charge in [0.1, 0.15) is 18.3 Å². The van der Waals surface area contributed by atoms with Crippen molar-refractivity contribution in [2.75, 3.05) is 18.0 Å². The Bertz CT molecular complexity index is 1430. The molecule has 218 valence electrons. The van der Waals surface area contributed by atoms with Crippen molar-refractivity contribution < 1.29 is 22.7 Å². The molecule has 3 aromatic rings. The Morgan fingerprint density at radius 2 is 1.46 bits per heavy atom. The van der Waals surface area contributed by atoms with Gasteiger partial charge in [-0.1, -0.05) is 60.4 Å². The van der Waals surface area contributed by atoms with Crippen LogP contribution in [0, 0.1) is 13.8 Å². The van der Waals surface area contributed by atoms with E-state index >= 15 is 0 Å². The highest BCUT2D eigenvalue weighted by molar-refractivity contribution is 7.92. The van der Waals surface area contributed by atoms with Gasteiger partial charge in [-0.2, -0.15) is 0 Å². The highest BCUT2D eigenvalue weighted by Crippen LogP contribution is 2.26. The number of benzene rings is 3. The maximum absolute atomic E-state index is 14.1. The zero-order valence-electron chi connectivity index (χ0n) is 24.2. The molecule has 3 aromatic carbocycles. The first kappa shape index (κ1) is 30.1. The Hall–Kier alpha value is -3.85. The van der Waals surface area contributed by atoms with Crippen molar-refractivity contribution in [2.45, 2.75) is 70.0 Å². The van der Waals surface area contributed by atoms with Crippen molar-refractivity contribution >= 4 is 27.5 Å². The smallest absolute Gasteiger partial charge is 0.264 e. The van der Waals surface area contributed by atoms with E-state index in [4.69, 9.17) is 4.74 Å². The number of carbonyl (C=O) groups is 2. The van der Waals surface area contributed by atoms with Crippen LogP contribution in [-0.2, 0) is 26.2 Å². The highest BCUT2D eigenvalue weighted by atomic mass is 32.2. The molecule has 0 bridgehead atoms. The van der Waals surface area contributed by atoms with E-state index in [-0.39, 0.29) is 23.4 Å². The SMILES string of the molecule is COc1ccc(CN(C(=O)CN(c2ccc(C)cc2)S(=O)(=O)c2ccc(C)cc2)C(C)C(=O)NC2CCCC2)cc1. The molecule has 4 rings (SSSR count). The molecule has 1 atom stereocenters. The van der Waals surface area contributed by atoms with Gasteiger partial charge in [-0.15, -0.1) is 0 Å². The van der Waals surface area contributed by atoms with Gasteiger partial charge in [-0.3, -0.25) is 13.9 Å². The Balaban J connectivity index is 1.67. The molecule has 1 fully saturated rings. The van der Waals surface area contributed by atoms with Gasteiger partial charge in [0.2, 0.25) is 11.8 Å². The molecule has 2 amide bonds. The number of ether oxygens (including phenoxy) is 1. The van der Waals surface area contributed by atoms with Crippen LogP contribution in [0.25, 0.3) is 0 Å². The van der Waals surface area contributed by atoms with Crippen LogP contribution >= 0.6 is 0 Å². The standard InChI is InChI=1S/C32H39N3O5S/c1-23-9-15-28(16-10-23)35(41(38,39)30-19-11-24(2)12-20-30)22-31(36)34(21-26-13-17-29(40-4)18-14-26)25(3)32(37)33-27-7-5-6-8-27/h9-20,25,27H,5-8,21-22H2,1-4H3,(H,33,37). The Morgan fingerprint density at radius 1 is 0.902 bits per heavy atom. The molecule has 0 heterocycles. The van der Waals surface area contributed by atoms with E-state index in [1.165, 1.54) is 4.90 Å². The molecule has 0 aromatic heterocycles. The third kappa shape index (κ3) is 7.47. The molecule has 1 unspecified atom stereocenters. The second-order valence-corrected chi connectivity index (χ2v) is 12.6. The summed E-state index contributed by atoms with van der Waals surface area (Å²) >= 11 is 0. The Morgan fingerprint density at radius 3 is 2.02 bits per heavy atom. The molecule has 9 heteroatoms. The minimum absolute atomic E-state index is 0.0882. The summed E-state index contributed by atoms with van der Waals surface area (Å²) in [4.78, 5) is 28.9. The van der Waals surface area contributed by atoms with Gasteiger partial charge in [0.25, 0.3) is 10.0 Å². The van der Waals surface area contributed by atoms with Crippen molar-refractivity contribution in [2.24, 2.45) is 0 Å². The van der Waals surface area contributed by atoms with Crippen LogP contribution in [0.1, 0.15) is 49.3 Å². The molecule has 1 N–H and O–H groups in total. The predicted octanol–water partition coefficient (Wildman–Crippen LogP) is 4.98. The lowest BCUT2D eigenvalue weighted by Crippen LogP contribution is -2.52. The number of rotatable bonds is 11. The van der Waals surface area contributed by atoms with Crippen LogP contribution in [0.3, 0.4) is 0 Å². The van der Waals surface area contributed by atoms with Crippen molar-refractivity contribution in [1.29, 1.82) is 0 Å². The number of methoxy groups -OCH3 is 1. The number of hydrogen-bond acceptors (Lipinski definition) is 5. The molecule has 0 radical (unpaired) electrons. The fourth-order valence-electron chi connectivity index (χ4n) is 4.98. The van der Waals surface area contributed by atoms with Crippen LogP contribution in [0.5, 0.6) is 5.75 Å². The second-order valence-electron chi connectivity index (χ2n) is 10.7. The first-order chi connectivity index (χ1) is 19.6. The number of sulfonamides is 1. The summed E-state index contributed by atoms with van der Waals surface area (Å²) in [5, 5.41) is 3.09. The summed E-state index contributed by atoms with van der Waals surface area (Å²) in [5.74, 6) is -0.0541. The van der Waals surface area contributed by atoms with Crippen LogP contribution in [0.15, 0.2) is 77.7 Å². The summed E-state index contributed by atoms with van der Waals surface area (Å²) in [6.45, 7) is 5.16. The number of anilines is 1. The molecule has 0 aliphatic heterocycles. The van der Waals surface area contributed by atoms with Crippen molar-refractivity contribution in [1.82, 2.24) is 10.2 Å². The van der Waals surface area contributed by atoms with E-state index in [0.29, 0.717) is 11.4 Å². The maximum atomic E-state index is 14.1. The van der Waals surface area contributed by atoms with Gasteiger partial charge in [0.05, 0.1) is 17.7 Å². The monoisotopic (exact) mass is 577 g/mol. The zero-order chi connectivity index (χ0) is 29.6. The average Bonchev–Trinajstić information content (AvgIpc) is 3.48. The number of nitrogens with zero attached hydrogens (tertiary/aromatic N) is 2. The van der Waals surface area contributed by atoms with Crippen molar-refractivity contribution in [3.05, 3.63) is 89.5 Å². The molecule has 41 heavy (non-hydrogen) atoms. The summed E-state index contributed by atoms with van der Waals surface area (Å²) in [6, 6.07) is 20.1. The first-order valence-corrected chi connectivity index (χ1v) is 15.4. The average molecular weight is 578 g/mol. The minimum atomic E-state index is -4.09. The Kier molecular flexibility index (Phi) is 9.70. The molecule has 0 saturated heterocycles. The molecule has 8 nitrogen and oxygen atoms in total. The Labute approximate surface area is 243 Å². The van der Waals surface area contributed by atoms with E-state index in [1.54, 1.807) is 62.6 Å². The predicted molar refractivity (Wildman–Crippen MR) is 160 cm³/mol. The van der Waals surface area contributed by atoms with Crippen molar-refractivity contribution in [3.63, 3.8) is 0 Å². The highest BCUT2D eigenvalue weighted by Gasteiger charge is 2.33. The molecular formula is C32H39N3O5S. The lowest BCUT2D eigenvalue weighted by atomic mass is 10.1. The van der Waals surface area contributed by atoms with Gasteiger partial charge in [0.15, 0.2) is 0 Å². The van der Waals surface area contributed by atoms with E-state index < -0.39 is 28.5 Å². The third-order valence-electron chi connectivity index (χ3n) is 7.59. The first-order valence-electron chi connectivity index (χ1n) is 14.0. The summed E-state index contributed by atoms with van der Waals surface area (Å²) < 4.78 is 34.2. The van der Waals surface area contributed by atoms with Gasteiger partial charge in [-0.05, 0) is 75.6 Å². The van der Waals surface area contributed by atoms with Crippen LogP contribution in [0.4, 0.5) is 5.69 Å². The zero-order valence-corrected chi connectivity index (χ0v) is 25.0. The molecule has 1 aliphatic rings. The summed E-state index contributed by atoms with van der Waals surface area (Å²) in [6.07, 6.45) is 3.97. The fraction of sp³-hybridized carbons (Fsp3) is 0.375. The van der Waals surface area contributed by atoms with Crippen LogP contribution in [0.2, 0.25) is 0 Å². The van der Waals surface area contributed by atoms with Gasteiger partial charge < -0.3 is 15.0 Å². The number of aryl methyl sites for hydroxylation is 2. The number of nitrogens with one attached hydrogen (secondary N) is 1. The third-order valence-corrected chi connectivity index (χ3v) is 9.38. The quantitative estimate of drug-likeness (QED) is 0.347. The molecule has 0 spiro atoms. The molecule has 1 saturated carbocycles. The maximum Gasteiger partial charge on any atom is 0.264 e. The molecular weight excluding hydrogens is 538 g/mol.